The number of carbonyl (C=O) groups excluding carboxylic acids is 2. The molecule has 1 aromatic rings. The van der Waals surface area contributed by atoms with Crippen LogP contribution in [0.5, 0.6) is 5.75 Å². The maximum Gasteiger partial charge on any atom is 0.235 e. The van der Waals surface area contributed by atoms with E-state index in [0.717, 1.165) is 29.1 Å². The maximum absolute atomic E-state index is 14.4. The number of nitrogens with zero attached hydrogens (tertiary/aromatic N) is 2. The lowest BCUT2D eigenvalue weighted by Gasteiger charge is -2.36. The van der Waals surface area contributed by atoms with E-state index in [1.165, 1.54) is 43.2 Å². The Morgan fingerprint density at radius 1 is 1.19 bits per heavy atom. The van der Waals surface area contributed by atoms with Crippen molar-refractivity contribution >= 4 is 11.8 Å². The number of hydrogen-bond acceptors (Lipinski definition) is 6. The molecule has 0 aromatic heterocycles. The lowest BCUT2D eigenvalue weighted by atomic mass is 9.71. The first kappa shape index (κ1) is 29.0. The number of primary amides is 1. The van der Waals surface area contributed by atoms with E-state index in [4.69, 9.17) is 15.2 Å². The molecule has 1 saturated heterocycles. The third kappa shape index (κ3) is 4.67. The van der Waals surface area contributed by atoms with E-state index >= 15 is 0 Å². The summed E-state index contributed by atoms with van der Waals surface area (Å²) in [6, 6.07) is 6.51. The molecule has 3 fully saturated rings. The third-order valence-electron chi connectivity index (χ3n) is 10.6. The highest BCUT2D eigenvalue weighted by Crippen LogP contribution is 2.71. The van der Waals surface area contributed by atoms with Gasteiger partial charge in [0, 0.05) is 44.2 Å². The Morgan fingerprint density at radius 2 is 1.98 bits per heavy atom. The molecule has 5 atom stereocenters. The van der Waals surface area contributed by atoms with Crippen molar-refractivity contribution in [3.05, 3.63) is 64.9 Å². The first-order valence-corrected chi connectivity index (χ1v) is 15.7. The lowest BCUT2D eigenvalue weighted by molar-refractivity contribution is -0.136. The van der Waals surface area contributed by atoms with Crippen molar-refractivity contribution in [2.24, 2.45) is 28.9 Å². The van der Waals surface area contributed by atoms with Crippen LogP contribution in [0, 0.1) is 23.2 Å². The number of fused-ring (bicyclic) bond motifs is 7. The molecule has 5 aliphatic rings. The fourth-order valence-corrected chi connectivity index (χ4v) is 8.35. The van der Waals surface area contributed by atoms with E-state index in [1.54, 1.807) is 7.11 Å². The standard InChI is InChI=1S/C34H46N4O4/c1-21-30-27-19-24(41-4)11-13-25(27)31-29(22-8-6-5-7-9-22)26-12-10-23(32(35)39)18-28(26)38(31)20-34(21,30)33(40)37(3)15-17-42-16-14-36-2/h11-13,18-19,22-23,29-31,36H,1,5-10,14-17,20H2,2-4H3,(H2,35,39)/t23?,29?,30-,31?,34+/m1/s1. The zero-order valence-corrected chi connectivity index (χ0v) is 25.4. The number of nitrogens with one attached hydrogen (secondary N) is 1. The normalized spacial score (nSPS) is 29.8. The Hall–Kier alpha value is -3.10. The second-order valence-electron chi connectivity index (χ2n) is 12.8. The van der Waals surface area contributed by atoms with E-state index in [1.807, 2.05) is 19.0 Å². The number of ether oxygens (including phenoxy) is 2. The van der Waals surface area contributed by atoms with Crippen molar-refractivity contribution in [2.45, 2.75) is 50.5 Å². The van der Waals surface area contributed by atoms with Crippen LogP contribution in [0.3, 0.4) is 0 Å². The predicted octanol–water partition coefficient (Wildman–Crippen LogP) is 3.91. The summed E-state index contributed by atoms with van der Waals surface area (Å²) < 4.78 is 11.5. The summed E-state index contributed by atoms with van der Waals surface area (Å²) in [6.07, 6.45) is 11.2. The lowest BCUT2D eigenvalue weighted by Crippen LogP contribution is -2.43. The van der Waals surface area contributed by atoms with Crippen molar-refractivity contribution < 1.29 is 19.1 Å². The van der Waals surface area contributed by atoms with E-state index in [2.05, 4.69) is 47.1 Å². The van der Waals surface area contributed by atoms with Crippen LogP contribution in [0.1, 0.15) is 61.6 Å². The third-order valence-corrected chi connectivity index (χ3v) is 10.6. The summed E-state index contributed by atoms with van der Waals surface area (Å²) in [5.41, 5.74) is 10.9. The Balaban J connectivity index is 1.43. The zero-order valence-electron chi connectivity index (χ0n) is 25.4. The minimum absolute atomic E-state index is 0.0797. The van der Waals surface area contributed by atoms with Gasteiger partial charge in [-0.1, -0.05) is 43.6 Å². The molecule has 42 heavy (non-hydrogen) atoms. The number of carbonyl (C=O) groups is 2. The Bertz CT molecular complexity index is 1310. The van der Waals surface area contributed by atoms with Crippen molar-refractivity contribution in [3.63, 3.8) is 0 Å². The van der Waals surface area contributed by atoms with Gasteiger partial charge in [-0.25, -0.2) is 0 Å². The van der Waals surface area contributed by atoms with Crippen molar-refractivity contribution in [1.82, 2.24) is 15.1 Å². The number of methoxy groups -OCH3 is 1. The van der Waals surface area contributed by atoms with Crippen LogP contribution >= 0.6 is 0 Å². The van der Waals surface area contributed by atoms with Gasteiger partial charge in [0.05, 0.1) is 37.7 Å². The molecule has 2 saturated carbocycles. The van der Waals surface area contributed by atoms with Gasteiger partial charge >= 0.3 is 0 Å². The van der Waals surface area contributed by atoms with Crippen LogP contribution in [0.25, 0.3) is 0 Å². The molecular formula is C34H46N4O4. The van der Waals surface area contributed by atoms with Crippen molar-refractivity contribution in [3.8, 4) is 5.75 Å². The highest BCUT2D eigenvalue weighted by atomic mass is 16.5. The summed E-state index contributed by atoms with van der Waals surface area (Å²) in [5, 5.41) is 3.08. The molecule has 0 radical (unpaired) electrons. The van der Waals surface area contributed by atoms with E-state index < -0.39 is 5.41 Å². The van der Waals surface area contributed by atoms with Crippen LogP contribution in [0.4, 0.5) is 0 Å². The summed E-state index contributed by atoms with van der Waals surface area (Å²) in [7, 11) is 5.47. The van der Waals surface area contributed by atoms with Crippen LogP contribution < -0.4 is 15.8 Å². The van der Waals surface area contributed by atoms with Gasteiger partial charge in [0.2, 0.25) is 11.8 Å². The smallest absolute Gasteiger partial charge is 0.235 e. The number of benzene rings is 1. The minimum Gasteiger partial charge on any atom is -0.497 e. The molecular weight excluding hydrogens is 528 g/mol. The fourth-order valence-electron chi connectivity index (χ4n) is 8.35. The molecule has 3 aliphatic carbocycles. The summed E-state index contributed by atoms with van der Waals surface area (Å²) in [6.45, 7) is 7.43. The van der Waals surface area contributed by atoms with Crippen LogP contribution in [-0.2, 0) is 14.3 Å². The Labute approximate surface area is 250 Å². The van der Waals surface area contributed by atoms with Gasteiger partial charge in [-0.2, -0.15) is 0 Å². The summed E-state index contributed by atoms with van der Waals surface area (Å²) >= 11 is 0. The molecule has 8 nitrogen and oxygen atoms in total. The number of likely N-dealkylation sites (N-methyl/N-ethyl adjacent to an activating group) is 2. The van der Waals surface area contributed by atoms with Gasteiger partial charge in [0.1, 0.15) is 5.75 Å². The molecule has 3 unspecified atom stereocenters. The molecule has 3 N–H and O–H groups in total. The topological polar surface area (TPSA) is 97.1 Å². The van der Waals surface area contributed by atoms with Gasteiger partial charge in [0.25, 0.3) is 0 Å². The molecule has 1 aromatic carbocycles. The first-order chi connectivity index (χ1) is 20.3. The molecule has 0 bridgehead atoms. The maximum atomic E-state index is 14.4. The predicted molar refractivity (Wildman–Crippen MR) is 163 cm³/mol. The molecule has 2 amide bonds. The molecule has 8 heteroatoms. The quantitative estimate of drug-likeness (QED) is 0.325. The second kappa shape index (κ2) is 11.5. The van der Waals surface area contributed by atoms with Gasteiger partial charge in [-0.15, -0.1) is 0 Å². The number of nitrogens with two attached hydrogens (primary N) is 1. The van der Waals surface area contributed by atoms with Crippen LogP contribution in [-0.4, -0.2) is 75.7 Å². The Morgan fingerprint density at radius 3 is 2.69 bits per heavy atom. The minimum atomic E-state index is -0.747. The largest absolute Gasteiger partial charge is 0.497 e. The molecule has 226 valence electrons. The number of allylic oxidation sites excluding steroid dienone is 2. The number of amides is 2. The van der Waals surface area contributed by atoms with Crippen LogP contribution in [0.2, 0.25) is 0 Å². The average Bonchev–Trinajstić information content (AvgIpc) is 3.51. The Kier molecular flexibility index (Phi) is 7.96. The monoisotopic (exact) mass is 574 g/mol. The summed E-state index contributed by atoms with van der Waals surface area (Å²) in [4.78, 5) is 31.1. The van der Waals surface area contributed by atoms with Crippen molar-refractivity contribution in [1.29, 1.82) is 0 Å². The molecule has 0 spiro atoms. The number of rotatable bonds is 10. The van der Waals surface area contributed by atoms with Gasteiger partial charge in [0.15, 0.2) is 0 Å². The second-order valence-corrected chi connectivity index (χ2v) is 12.8. The molecule has 2 aliphatic heterocycles. The highest BCUT2D eigenvalue weighted by molar-refractivity contribution is 5.95. The molecule has 2 heterocycles. The van der Waals surface area contributed by atoms with Crippen LogP contribution in [0.15, 0.2) is 53.8 Å². The van der Waals surface area contributed by atoms with E-state index in [9.17, 15) is 9.59 Å². The average molecular weight is 575 g/mol. The van der Waals surface area contributed by atoms with E-state index in [0.29, 0.717) is 44.6 Å². The van der Waals surface area contributed by atoms with Gasteiger partial charge in [-0.3, -0.25) is 9.59 Å². The fraction of sp³-hybridized carbons (Fsp3) is 0.588. The molecule has 6 rings (SSSR count). The van der Waals surface area contributed by atoms with Gasteiger partial charge in [-0.05, 0) is 67.1 Å². The van der Waals surface area contributed by atoms with Gasteiger partial charge < -0.3 is 30.3 Å². The zero-order chi connectivity index (χ0) is 29.6. The SMILES string of the molecule is C=C1[C@@H]2c3cc(OC)ccc3C3C(C4CCCCC4)C4=CCC(C(N)=O)C=C4N3C[C@]12C(=O)N(C)CCOCCNC. The van der Waals surface area contributed by atoms with E-state index in [-0.39, 0.29) is 29.7 Å². The first-order valence-electron chi connectivity index (χ1n) is 15.7. The summed E-state index contributed by atoms with van der Waals surface area (Å²) in [5.74, 6) is 1.04. The van der Waals surface area contributed by atoms with Crippen molar-refractivity contribution in [2.75, 3.05) is 54.1 Å². The highest BCUT2D eigenvalue weighted by Gasteiger charge is 2.69. The number of hydrogen-bond donors (Lipinski definition) is 2.